The van der Waals surface area contributed by atoms with E-state index in [1.54, 1.807) is 6.08 Å². The van der Waals surface area contributed by atoms with Crippen molar-refractivity contribution in [1.82, 2.24) is 0 Å². The zero-order valence-corrected chi connectivity index (χ0v) is 11.4. The topological polar surface area (TPSA) is 18.5 Å². The van der Waals surface area contributed by atoms with Crippen LogP contribution in [0, 0.1) is 0 Å². The quantitative estimate of drug-likeness (QED) is 0.247. The molecule has 0 aromatic carbocycles. The minimum absolute atomic E-state index is 0.520. The van der Waals surface area contributed by atoms with E-state index in [0.717, 1.165) is 13.0 Å². The highest BCUT2D eigenvalue weighted by atomic mass is 32.7. The fourth-order valence-electron chi connectivity index (χ4n) is 1.18. The standard InChI is InChI=1S/C11H23O2PS/c1-3-5-6-7-8-9-11-13-14(15)12-10-4-2/h4,15H,2-3,5-11H2,1H3. The highest BCUT2D eigenvalue weighted by Gasteiger charge is 2.02. The van der Waals surface area contributed by atoms with Crippen molar-refractivity contribution in [3.05, 3.63) is 12.7 Å². The summed E-state index contributed by atoms with van der Waals surface area (Å²) in [6.07, 6.45) is 9.38. The van der Waals surface area contributed by atoms with Crippen molar-refractivity contribution in [2.24, 2.45) is 0 Å². The largest absolute Gasteiger partial charge is 0.326 e. The maximum absolute atomic E-state index is 5.41. The number of rotatable bonds is 11. The SMILES string of the molecule is C=CCOP(S)OCCCCCCCC. The molecule has 0 N–H and O–H groups in total. The minimum Gasteiger partial charge on any atom is -0.326 e. The van der Waals surface area contributed by atoms with Crippen molar-refractivity contribution in [2.45, 2.75) is 45.4 Å². The molecule has 0 fully saturated rings. The number of thiol groups is 1. The molecule has 2 nitrogen and oxygen atoms in total. The van der Waals surface area contributed by atoms with Gasteiger partial charge in [0.05, 0.1) is 13.2 Å². The zero-order valence-electron chi connectivity index (χ0n) is 9.65. The zero-order chi connectivity index (χ0) is 11.4. The Morgan fingerprint density at radius 3 is 2.47 bits per heavy atom. The maximum atomic E-state index is 5.41. The van der Waals surface area contributed by atoms with Crippen LogP contribution in [-0.4, -0.2) is 13.2 Å². The van der Waals surface area contributed by atoms with Crippen LogP contribution in [0.3, 0.4) is 0 Å². The second-order valence-corrected chi connectivity index (χ2v) is 5.40. The van der Waals surface area contributed by atoms with E-state index in [-0.39, 0.29) is 0 Å². The average molecular weight is 250 g/mol. The van der Waals surface area contributed by atoms with Gasteiger partial charge in [-0.2, -0.15) is 0 Å². The molecule has 0 rings (SSSR count). The Morgan fingerprint density at radius 2 is 1.80 bits per heavy atom. The molecule has 4 heteroatoms. The third kappa shape index (κ3) is 12.4. The molecule has 0 saturated carbocycles. The summed E-state index contributed by atoms with van der Waals surface area (Å²) < 4.78 is 10.6. The number of unbranched alkanes of at least 4 members (excludes halogenated alkanes) is 5. The molecule has 0 aliphatic carbocycles. The predicted molar refractivity (Wildman–Crippen MR) is 71.4 cm³/mol. The third-order valence-electron chi connectivity index (χ3n) is 2.00. The van der Waals surface area contributed by atoms with E-state index in [2.05, 4.69) is 25.8 Å². The predicted octanol–water partition coefficient (Wildman–Crippen LogP) is 4.72. The molecule has 0 aliphatic heterocycles. The fraction of sp³-hybridized carbons (Fsp3) is 0.818. The summed E-state index contributed by atoms with van der Waals surface area (Å²) >= 11 is 4.20. The van der Waals surface area contributed by atoms with Crippen LogP contribution in [0.4, 0.5) is 0 Å². The molecule has 0 saturated heterocycles. The molecule has 0 aromatic heterocycles. The van der Waals surface area contributed by atoms with Gasteiger partial charge in [-0.1, -0.05) is 57.4 Å². The van der Waals surface area contributed by atoms with Crippen molar-refractivity contribution in [3.8, 4) is 0 Å². The van der Waals surface area contributed by atoms with E-state index in [0.29, 0.717) is 6.61 Å². The molecular formula is C11H23O2PS. The first-order chi connectivity index (χ1) is 7.31. The van der Waals surface area contributed by atoms with E-state index in [4.69, 9.17) is 9.05 Å². The summed E-state index contributed by atoms with van der Waals surface area (Å²) in [5, 5.41) is 0. The number of hydrogen-bond acceptors (Lipinski definition) is 3. The van der Waals surface area contributed by atoms with Gasteiger partial charge in [0.15, 0.2) is 0 Å². The van der Waals surface area contributed by atoms with Crippen LogP contribution in [0.25, 0.3) is 0 Å². The summed E-state index contributed by atoms with van der Waals surface area (Å²) in [6.45, 7) is 7.08. The van der Waals surface area contributed by atoms with E-state index in [1.807, 2.05) is 0 Å². The Balaban J connectivity index is 3.05. The molecule has 0 aromatic rings. The van der Waals surface area contributed by atoms with E-state index >= 15 is 0 Å². The summed E-state index contributed by atoms with van der Waals surface area (Å²) in [4.78, 5) is 0. The van der Waals surface area contributed by atoms with E-state index < -0.39 is 7.58 Å². The van der Waals surface area contributed by atoms with Crippen LogP contribution < -0.4 is 0 Å². The van der Waals surface area contributed by atoms with E-state index in [9.17, 15) is 0 Å². The highest BCUT2D eigenvalue weighted by Crippen LogP contribution is 2.42. The second-order valence-electron chi connectivity index (χ2n) is 3.42. The summed E-state index contributed by atoms with van der Waals surface area (Å²) in [5.74, 6) is 0. The van der Waals surface area contributed by atoms with Gasteiger partial charge < -0.3 is 9.05 Å². The van der Waals surface area contributed by atoms with Crippen molar-refractivity contribution in [2.75, 3.05) is 13.2 Å². The molecule has 0 amide bonds. The smallest absolute Gasteiger partial charge is 0.235 e. The molecule has 0 heterocycles. The lowest BCUT2D eigenvalue weighted by molar-refractivity contribution is 0.273. The van der Waals surface area contributed by atoms with E-state index in [1.165, 1.54) is 32.1 Å². The van der Waals surface area contributed by atoms with Gasteiger partial charge in [-0.15, -0.1) is 6.58 Å². The van der Waals surface area contributed by atoms with Crippen molar-refractivity contribution >= 4 is 19.8 Å². The van der Waals surface area contributed by atoms with Gasteiger partial charge in [0, 0.05) is 0 Å². The fourth-order valence-corrected chi connectivity index (χ4v) is 2.22. The Morgan fingerprint density at radius 1 is 1.13 bits per heavy atom. The van der Waals surface area contributed by atoms with Gasteiger partial charge in [0.2, 0.25) is 7.58 Å². The molecule has 0 radical (unpaired) electrons. The van der Waals surface area contributed by atoms with Crippen LogP contribution in [0.5, 0.6) is 0 Å². The van der Waals surface area contributed by atoms with Gasteiger partial charge in [0.1, 0.15) is 0 Å². The minimum atomic E-state index is -0.991. The molecule has 0 bridgehead atoms. The van der Waals surface area contributed by atoms with Crippen LogP contribution in [0.15, 0.2) is 12.7 Å². The molecule has 1 unspecified atom stereocenters. The molecule has 1 atom stereocenters. The highest BCUT2D eigenvalue weighted by molar-refractivity contribution is 8.41. The number of hydrogen-bond donors (Lipinski definition) is 1. The lowest BCUT2D eigenvalue weighted by Gasteiger charge is -2.09. The van der Waals surface area contributed by atoms with Crippen molar-refractivity contribution in [3.63, 3.8) is 0 Å². The first-order valence-electron chi connectivity index (χ1n) is 5.67. The maximum Gasteiger partial charge on any atom is 0.235 e. The first-order valence-corrected chi connectivity index (χ1v) is 8.00. The molecule has 0 spiro atoms. The van der Waals surface area contributed by atoms with Gasteiger partial charge in [-0.05, 0) is 6.42 Å². The van der Waals surface area contributed by atoms with Gasteiger partial charge in [0.25, 0.3) is 0 Å². The third-order valence-corrected chi connectivity index (χ3v) is 3.47. The Bertz CT molecular complexity index is 145. The Kier molecular flexibility index (Phi) is 12.9. The second kappa shape index (κ2) is 12.5. The van der Waals surface area contributed by atoms with Crippen LogP contribution >= 0.6 is 19.8 Å². The lowest BCUT2D eigenvalue weighted by atomic mass is 10.1. The lowest BCUT2D eigenvalue weighted by Crippen LogP contribution is -1.90. The summed E-state index contributed by atoms with van der Waals surface area (Å²) in [7, 11) is -0.991. The van der Waals surface area contributed by atoms with Crippen LogP contribution in [0.1, 0.15) is 45.4 Å². The summed E-state index contributed by atoms with van der Waals surface area (Å²) in [6, 6.07) is 0. The molecular weight excluding hydrogens is 227 g/mol. The first kappa shape index (κ1) is 15.4. The van der Waals surface area contributed by atoms with Gasteiger partial charge >= 0.3 is 0 Å². The van der Waals surface area contributed by atoms with Gasteiger partial charge in [-0.3, -0.25) is 0 Å². The Hall–Kier alpha value is 0.440. The van der Waals surface area contributed by atoms with Gasteiger partial charge in [-0.25, -0.2) is 0 Å². The molecule has 0 aliphatic rings. The Labute approximate surface area is 101 Å². The monoisotopic (exact) mass is 250 g/mol. The van der Waals surface area contributed by atoms with Crippen molar-refractivity contribution in [1.29, 1.82) is 0 Å². The van der Waals surface area contributed by atoms with Crippen LogP contribution in [-0.2, 0) is 9.05 Å². The summed E-state index contributed by atoms with van der Waals surface area (Å²) in [5.41, 5.74) is 0. The van der Waals surface area contributed by atoms with Crippen molar-refractivity contribution < 1.29 is 9.05 Å². The molecule has 15 heavy (non-hydrogen) atoms. The average Bonchev–Trinajstić information content (AvgIpc) is 2.25. The normalized spacial score (nSPS) is 12.7. The molecule has 90 valence electrons. The van der Waals surface area contributed by atoms with Crippen LogP contribution in [0.2, 0.25) is 0 Å².